The zero-order valence-electron chi connectivity index (χ0n) is 41.8. The molecule has 7 unspecified atom stereocenters. The molecule has 13 heteroatoms. The second-order valence-electron chi connectivity index (χ2n) is 18.8. The normalized spacial score (nSPS) is 20.3. The summed E-state index contributed by atoms with van der Waals surface area (Å²) in [4.78, 5) is 13.1. The van der Waals surface area contributed by atoms with Crippen LogP contribution in [0.5, 0.6) is 0 Å². The molecule has 388 valence electrons. The van der Waals surface area contributed by atoms with Crippen molar-refractivity contribution in [3.63, 3.8) is 0 Å². The maximum atomic E-state index is 13.1. The number of ether oxygens (including phenoxy) is 2. The Bertz CT molecular complexity index is 1310. The number of unbranched alkanes of at least 4 members (excludes halogenated alkanes) is 30. The summed E-state index contributed by atoms with van der Waals surface area (Å²) in [6, 6.07) is -0.943. The van der Waals surface area contributed by atoms with E-state index in [0.717, 1.165) is 51.4 Å². The van der Waals surface area contributed by atoms with Gasteiger partial charge in [-0.2, -0.15) is 8.42 Å². The summed E-state index contributed by atoms with van der Waals surface area (Å²) < 4.78 is 47.8. The zero-order chi connectivity index (χ0) is 48.4. The first kappa shape index (κ1) is 62.3. The van der Waals surface area contributed by atoms with Crippen molar-refractivity contribution in [3.05, 3.63) is 36.5 Å². The molecule has 1 aliphatic heterocycles. The van der Waals surface area contributed by atoms with E-state index < -0.39 is 59.9 Å². The Morgan fingerprint density at radius 3 is 1.52 bits per heavy atom. The predicted octanol–water partition coefficient (Wildman–Crippen LogP) is 11.8. The van der Waals surface area contributed by atoms with Gasteiger partial charge in [0, 0.05) is 6.42 Å². The van der Waals surface area contributed by atoms with Gasteiger partial charge in [0.1, 0.15) is 24.4 Å². The van der Waals surface area contributed by atoms with Crippen LogP contribution in [0.3, 0.4) is 0 Å². The number of nitrogens with one attached hydrogen (secondary N) is 1. The van der Waals surface area contributed by atoms with E-state index >= 15 is 0 Å². The SMILES string of the molecule is CC/C=C\C/C=C\CCCCCCCCCCCCCCCCC(=O)NC(COC1OC(CO)C(O)C(OS(=O)(=O)O)C1O)C(O)/C=C/CCCCCCCCCCCCCCCCCC. The highest BCUT2D eigenvalue weighted by Gasteiger charge is 2.48. The maximum Gasteiger partial charge on any atom is 0.397 e. The highest BCUT2D eigenvalue weighted by atomic mass is 32.3. The number of hydrogen-bond acceptors (Lipinski definition) is 10. The van der Waals surface area contributed by atoms with Crippen molar-refractivity contribution in [1.82, 2.24) is 5.32 Å². The Hall–Kier alpha value is -1.68. The third-order valence-corrected chi connectivity index (χ3v) is 13.1. The summed E-state index contributed by atoms with van der Waals surface area (Å²) in [5, 5.41) is 44.9. The summed E-state index contributed by atoms with van der Waals surface area (Å²) in [5.74, 6) is -0.262. The van der Waals surface area contributed by atoms with E-state index in [-0.39, 0.29) is 18.9 Å². The van der Waals surface area contributed by atoms with Gasteiger partial charge in [0.2, 0.25) is 5.91 Å². The first-order valence-electron chi connectivity index (χ1n) is 26.9. The molecule has 12 nitrogen and oxygen atoms in total. The minimum absolute atomic E-state index is 0.262. The van der Waals surface area contributed by atoms with Gasteiger partial charge in [0.05, 0.1) is 25.4 Å². The third-order valence-electron chi connectivity index (χ3n) is 12.7. The van der Waals surface area contributed by atoms with Crippen LogP contribution >= 0.6 is 0 Å². The molecule has 0 saturated carbocycles. The summed E-state index contributed by atoms with van der Waals surface area (Å²) in [6.07, 6.45) is 44.6. The van der Waals surface area contributed by atoms with Gasteiger partial charge < -0.3 is 35.2 Å². The average molecular weight is 958 g/mol. The molecule has 1 saturated heterocycles. The molecular formula is C53H99NO11S. The van der Waals surface area contributed by atoms with Crippen molar-refractivity contribution in [3.8, 4) is 0 Å². The van der Waals surface area contributed by atoms with Crippen LogP contribution in [0.4, 0.5) is 0 Å². The van der Waals surface area contributed by atoms with Gasteiger partial charge in [-0.25, -0.2) is 4.18 Å². The maximum absolute atomic E-state index is 13.1. The molecular weight excluding hydrogens is 859 g/mol. The van der Waals surface area contributed by atoms with Crippen LogP contribution in [0, 0.1) is 0 Å². The lowest BCUT2D eigenvalue weighted by atomic mass is 9.99. The molecule has 1 fully saturated rings. The molecule has 66 heavy (non-hydrogen) atoms. The summed E-state index contributed by atoms with van der Waals surface area (Å²) in [7, 11) is -5.09. The van der Waals surface area contributed by atoms with E-state index in [4.69, 9.17) is 9.47 Å². The highest BCUT2D eigenvalue weighted by molar-refractivity contribution is 7.80. The van der Waals surface area contributed by atoms with E-state index in [1.807, 2.05) is 6.08 Å². The summed E-state index contributed by atoms with van der Waals surface area (Å²) in [6.45, 7) is 3.31. The number of rotatable bonds is 46. The molecule has 0 aliphatic carbocycles. The number of allylic oxidation sites excluding steroid dienone is 5. The zero-order valence-corrected chi connectivity index (χ0v) is 42.6. The summed E-state index contributed by atoms with van der Waals surface area (Å²) in [5.41, 5.74) is 0. The van der Waals surface area contributed by atoms with Crippen molar-refractivity contribution in [2.24, 2.45) is 0 Å². The van der Waals surface area contributed by atoms with Crippen molar-refractivity contribution >= 4 is 16.3 Å². The Labute approximate surface area is 403 Å². The Balaban J connectivity index is 2.42. The number of carbonyl (C=O) groups excluding carboxylic acids is 1. The molecule has 6 N–H and O–H groups in total. The Morgan fingerprint density at radius 1 is 0.621 bits per heavy atom. The van der Waals surface area contributed by atoms with Gasteiger partial charge in [0.15, 0.2) is 6.29 Å². The number of aliphatic hydroxyl groups is 4. The van der Waals surface area contributed by atoms with Crippen LogP contribution in [-0.4, -0.2) is 95.4 Å². The average Bonchev–Trinajstić information content (AvgIpc) is 3.29. The quantitative estimate of drug-likeness (QED) is 0.0193. The molecule has 1 heterocycles. The monoisotopic (exact) mass is 958 g/mol. The Kier molecular flexibility index (Phi) is 40.9. The van der Waals surface area contributed by atoms with Gasteiger partial charge in [-0.05, 0) is 44.9 Å². The van der Waals surface area contributed by atoms with Gasteiger partial charge in [-0.3, -0.25) is 9.35 Å². The predicted molar refractivity (Wildman–Crippen MR) is 268 cm³/mol. The molecule has 1 amide bonds. The topological polar surface area (TPSA) is 192 Å². The fraction of sp³-hybridized carbons (Fsp3) is 0.868. The largest absolute Gasteiger partial charge is 0.397 e. The van der Waals surface area contributed by atoms with E-state index in [2.05, 4.69) is 47.7 Å². The minimum atomic E-state index is -5.09. The molecule has 0 radical (unpaired) electrons. The highest BCUT2D eigenvalue weighted by Crippen LogP contribution is 2.26. The number of hydrogen-bond donors (Lipinski definition) is 6. The third kappa shape index (κ3) is 35.4. The number of carbonyl (C=O) groups is 1. The van der Waals surface area contributed by atoms with Gasteiger partial charge in [0.25, 0.3) is 0 Å². The minimum Gasteiger partial charge on any atom is -0.394 e. The lowest BCUT2D eigenvalue weighted by molar-refractivity contribution is -0.298. The van der Waals surface area contributed by atoms with Gasteiger partial charge in [-0.1, -0.05) is 224 Å². The van der Waals surface area contributed by atoms with Crippen molar-refractivity contribution in [1.29, 1.82) is 0 Å². The molecule has 0 bridgehead atoms. The lowest BCUT2D eigenvalue weighted by Gasteiger charge is -2.41. The van der Waals surface area contributed by atoms with Crippen LogP contribution < -0.4 is 5.32 Å². The molecule has 0 aromatic rings. The standard InChI is InChI=1S/C53H99NO11S/c1-3-5-7-9-11-13-15-17-19-21-23-24-25-27-29-31-33-35-37-39-41-43-49(57)54-46(45-63-53-51(59)52(65-66(60,61)62)50(58)48(44-55)64-53)47(56)42-40-38-36-34-32-30-28-26-22-20-18-16-14-12-10-8-6-4-2/h5,7,11,13,40,42,46-48,50-53,55-56,58-59H,3-4,6,8-10,12,14-39,41,43-45H2,1-2H3,(H,54,57)(H,60,61,62)/b7-5-,13-11-,42-40+. The fourth-order valence-electron chi connectivity index (χ4n) is 8.55. The molecule has 1 rings (SSSR count). The second kappa shape index (κ2) is 43.3. The first-order chi connectivity index (χ1) is 32.0. The van der Waals surface area contributed by atoms with Crippen LogP contribution in [0.25, 0.3) is 0 Å². The Morgan fingerprint density at radius 2 is 1.06 bits per heavy atom. The second-order valence-corrected chi connectivity index (χ2v) is 19.8. The van der Waals surface area contributed by atoms with E-state index in [1.165, 1.54) is 161 Å². The van der Waals surface area contributed by atoms with Crippen molar-refractivity contribution in [2.45, 2.75) is 281 Å². The molecule has 0 aromatic heterocycles. The first-order valence-corrected chi connectivity index (χ1v) is 28.2. The molecule has 7 atom stereocenters. The molecule has 1 aliphatic rings. The number of amides is 1. The van der Waals surface area contributed by atoms with E-state index in [0.29, 0.717) is 6.42 Å². The van der Waals surface area contributed by atoms with Crippen LogP contribution in [0.15, 0.2) is 36.5 Å². The molecule has 0 aromatic carbocycles. The lowest BCUT2D eigenvalue weighted by Crippen LogP contribution is -2.61. The van der Waals surface area contributed by atoms with Crippen LogP contribution in [0.2, 0.25) is 0 Å². The van der Waals surface area contributed by atoms with Crippen molar-refractivity contribution < 1.29 is 51.8 Å². The summed E-state index contributed by atoms with van der Waals surface area (Å²) >= 11 is 0. The van der Waals surface area contributed by atoms with Crippen LogP contribution in [-0.2, 0) is 28.9 Å². The van der Waals surface area contributed by atoms with Gasteiger partial charge >= 0.3 is 10.4 Å². The smallest absolute Gasteiger partial charge is 0.394 e. The number of aliphatic hydroxyl groups excluding tert-OH is 4. The van der Waals surface area contributed by atoms with Crippen LogP contribution in [0.1, 0.15) is 239 Å². The van der Waals surface area contributed by atoms with E-state index in [9.17, 15) is 38.2 Å². The van der Waals surface area contributed by atoms with E-state index in [1.54, 1.807) is 6.08 Å². The van der Waals surface area contributed by atoms with Crippen molar-refractivity contribution in [2.75, 3.05) is 13.2 Å². The fourth-order valence-corrected chi connectivity index (χ4v) is 9.06. The van der Waals surface area contributed by atoms with Gasteiger partial charge in [-0.15, -0.1) is 0 Å². The molecule has 0 spiro atoms.